The van der Waals surface area contributed by atoms with Crippen LogP contribution >= 0.6 is 24.0 Å². The van der Waals surface area contributed by atoms with Gasteiger partial charge in [-0.3, -0.25) is 4.99 Å². The molecule has 0 aliphatic rings. The maximum absolute atomic E-state index is 5.43. The number of nitrogens with zero attached hydrogens (tertiary/aromatic N) is 2. The largest absolute Gasteiger partial charge is 0.361 e. The Morgan fingerprint density at radius 3 is 2.33 bits per heavy atom. The fourth-order valence-electron chi connectivity index (χ4n) is 2.94. The fourth-order valence-corrected chi connectivity index (χ4v) is 2.94. The van der Waals surface area contributed by atoms with E-state index < -0.39 is 0 Å². The van der Waals surface area contributed by atoms with Gasteiger partial charge in [0.1, 0.15) is 5.76 Å². The molecular weight excluding hydrogens is 451 g/mol. The predicted molar refractivity (Wildman–Crippen MR) is 123 cm³/mol. The van der Waals surface area contributed by atoms with Gasteiger partial charge in [0.2, 0.25) is 0 Å². The molecule has 0 amide bonds. The number of hydrogen-bond donors (Lipinski definition) is 2. The molecule has 1 aromatic heterocycles. The van der Waals surface area contributed by atoms with Crippen LogP contribution in [0.3, 0.4) is 0 Å². The lowest BCUT2D eigenvalue weighted by atomic mass is 9.84. The summed E-state index contributed by atoms with van der Waals surface area (Å²) in [4.78, 5) is 4.35. The molecule has 0 bridgehead atoms. The van der Waals surface area contributed by atoms with Crippen molar-refractivity contribution in [2.24, 2.45) is 4.99 Å². The Morgan fingerprint density at radius 2 is 1.78 bits per heavy atom. The lowest BCUT2D eigenvalue weighted by molar-refractivity contribution is 0.380. The summed E-state index contributed by atoms with van der Waals surface area (Å²) in [5, 5.41) is 11.0. The zero-order chi connectivity index (χ0) is 19.2. The number of benzene rings is 1. The summed E-state index contributed by atoms with van der Waals surface area (Å²) in [6.07, 6.45) is 1.71. The zero-order valence-corrected chi connectivity index (χ0v) is 19.7. The fraction of sp³-hybridized carbons (Fsp3) is 0.524. The summed E-state index contributed by atoms with van der Waals surface area (Å²) in [6.45, 7) is 12.2. The number of aromatic nitrogens is 1. The van der Waals surface area contributed by atoms with Gasteiger partial charge in [-0.2, -0.15) is 0 Å². The number of aliphatic imine (C=N–C) groups is 1. The van der Waals surface area contributed by atoms with Gasteiger partial charge >= 0.3 is 0 Å². The van der Waals surface area contributed by atoms with Crippen molar-refractivity contribution in [3.63, 3.8) is 0 Å². The van der Waals surface area contributed by atoms with Crippen molar-refractivity contribution >= 4 is 29.9 Å². The van der Waals surface area contributed by atoms with Gasteiger partial charge in [-0.1, -0.05) is 62.7 Å². The molecule has 0 aliphatic carbocycles. The average molecular weight is 484 g/mol. The second-order valence-corrected chi connectivity index (χ2v) is 7.27. The number of halogens is 1. The lowest BCUT2D eigenvalue weighted by Gasteiger charge is -2.27. The van der Waals surface area contributed by atoms with Gasteiger partial charge in [0.25, 0.3) is 0 Å². The van der Waals surface area contributed by atoms with Gasteiger partial charge in [0.15, 0.2) is 5.96 Å². The average Bonchev–Trinajstić information content (AvgIpc) is 3.04. The monoisotopic (exact) mass is 484 g/mol. The van der Waals surface area contributed by atoms with E-state index in [1.54, 1.807) is 7.05 Å². The SMILES string of the molecule is CCc1noc(CC)c1CNC(=NC)NCC(C)(C)c1ccc(C)cc1.I. The maximum atomic E-state index is 5.43. The van der Waals surface area contributed by atoms with E-state index in [-0.39, 0.29) is 29.4 Å². The molecule has 0 fully saturated rings. The Kier molecular flexibility index (Phi) is 9.29. The highest BCUT2D eigenvalue weighted by Crippen LogP contribution is 2.22. The van der Waals surface area contributed by atoms with Crippen LogP contribution in [-0.2, 0) is 24.8 Å². The van der Waals surface area contributed by atoms with E-state index in [1.165, 1.54) is 11.1 Å². The molecule has 5 nitrogen and oxygen atoms in total. The first-order valence-electron chi connectivity index (χ1n) is 9.39. The lowest BCUT2D eigenvalue weighted by Crippen LogP contribution is -2.43. The highest BCUT2D eigenvalue weighted by molar-refractivity contribution is 14.0. The molecule has 150 valence electrons. The highest BCUT2D eigenvalue weighted by atomic mass is 127. The summed E-state index contributed by atoms with van der Waals surface area (Å²) >= 11 is 0. The Labute approximate surface area is 180 Å². The third-order valence-corrected chi connectivity index (χ3v) is 4.79. The van der Waals surface area contributed by atoms with Crippen molar-refractivity contribution in [3.05, 3.63) is 52.4 Å². The van der Waals surface area contributed by atoms with Crippen molar-refractivity contribution in [2.75, 3.05) is 13.6 Å². The molecule has 0 saturated carbocycles. The molecule has 0 atom stereocenters. The number of guanidine groups is 1. The molecule has 2 N–H and O–H groups in total. The van der Waals surface area contributed by atoms with Gasteiger partial charge < -0.3 is 15.2 Å². The van der Waals surface area contributed by atoms with E-state index in [9.17, 15) is 0 Å². The number of rotatable bonds is 7. The van der Waals surface area contributed by atoms with E-state index in [0.29, 0.717) is 6.54 Å². The minimum atomic E-state index is 0. The van der Waals surface area contributed by atoms with Crippen molar-refractivity contribution in [3.8, 4) is 0 Å². The molecule has 27 heavy (non-hydrogen) atoms. The van der Waals surface area contributed by atoms with Crippen molar-refractivity contribution in [2.45, 2.75) is 59.4 Å². The van der Waals surface area contributed by atoms with Gasteiger partial charge in [-0.15, -0.1) is 24.0 Å². The minimum Gasteiger partial charge on any atom is -0.361 e. The van der Waals surface area contributed by atoms with E-state index in [1.807, 2.05) is 0 Å². The predicted octanol–water partition coefficient (Wildman–Crippen LogP) is 4.37. The highest BCUT2D eigenvalue weighted by Gasteiger charge is 2.21. The number of aryl methyl sites for hydroxylation is 3. The quantitative estimate of drug-likeness (QED) is 0.348. The normalized spacial score (nSPS) is 11.9. The molecule has 0 spiro atoms. The second-order valence-electron chi connectivity index (χ2n) is 7.27. The Morgan fingerprint density at radius 1 is 1.11 bits per heavy atom. The third kappa shape index (κ3) is 6.23. The van der Waals surface area contributed by atoms with Crippen LogP contribution in [0, 0.1) is 6.92 Å². The van der Waals surface area contributed by atoms with E-state index in [4.69, 9.17) is 4.52 Å². The third-order valence-electron chi connectivity index (χ3n) is 4.79. The first-order valence-corrected chi connectivity index (χ1v) is 9.39. The smallest absolute Gasteiger partial charge is 0.191 e. The maximum Gasteiger partial charge on any atom is 0.191 e. The van der Waals surface area contributed by atoms with Crippen LogP contribution in [0.1, 0.15) is 55.8 Å². The second kappa shape index (κ2) is 10.7. The summed E-state index contributed by atoms with van der Waals surface area (Å²) in [5.74, 6) is 1.74. The molecule has 0 aliphatic heterocycles. The van der Waals surface area contributed by atoms with Gasteiger partial charge in [0, 0.05) is 37.5 Å². The number of nitrogens with one attached hydrogen (secondary N) is 2. The molecule has 2 rings (SSSR count). The minimum absolute atomic E-state index is 0. The Hall–Kier alpha value is -1.57. The summed E-state index contributed by atoms with van der Waals surface area (Å²) < 4.78 is 5.43. The molecule has 6 heteroatoms. The molecular formula is C21H33IN4O. The summed E-state index contributed by atoms with van der Waals surface area (Å²) in [6, 6.07) is 8.72. The topological polar surface area (TPSA) is 62.5 Å². The summed E-state index contributed by atoms with van der Waals surface area (Å²) in [5.41, 5.74) is 4.76. The van der Waals surface area contributed by atoms with Crippen molar-refractivity contribution < 1.29 is 4.52 Å². The number of hydrogen-bond acceptors (Lipinski definition) is 3. The first-order chi connectivity index (χ1) is 12.4. The van der Waals surface area contributed by atoms with Crippen molar-refractivity contribution in [1.29, 1.82) is 0 Å². The van der Waals surface area contributed by atoms with Crippen LogP contribution in [0.5, 0.6) is 0 Å². The van der Waals surface area contributed by atoms with E-state index in [0.717, 1.165) is 42.4 Å². The van der Waals surface area contributed by atoms with E-state index in [2.05, 4.69) is 79.7 Å². The molecule has 2 aromatic rings. The molecule has 0 radical (unpaired) electrons. The van der Waals surface area contributed by atoms with Crippen LogP contribution in [0.15, 0.2) is 33.8 Å². The standard InChI is InChI=1S/C21H32N4O.HI/c1-7-18-17(19(8-2)26-25-18)13-23-20(22-6)24-14-21(4,5)16-11-9-15(3)10-12-16;/h9-12H,7-8,13-14H2,1-6H3,(H2,22,23,24);1H. The first kappa shape index (κ1) is 23.5. The molecule has 0 unspecified atom stereocenters. The van der Waals surface area contributed by atoms with Crippen LogP contribution in [0.25, 0.3) is 0 Å². The molecule has 1 aromatic carbocycles. The van der Waals surface area contributed by atoms with Crippen molar-refractivity contribution in [1.82, 2.24) is 15.8 Å². The van der Waals surface area contributed by atoms with Gasteiger partial charge in [-0.25, -0.2) is 0 Å². The van der Waals surface area contributed by atoms with Gasteiger partial charge in [0.05, 0.1) is 5.69 Å². The van der Waals surface area contributed by atoms with Crippen LogP contribution in [0.4, 0.5) is 0 Å². The van der Waals surface area contributed by atoms with Gasteiger partial charge in [-0.05, 0) is 18.9 Å². The van der Waals surface area contributed by atoms with E-state index >= 15 is 0 Å². The Bertz CT molecular complexity index is 714. The van der Waals surface area contributed by atoms with Crippen LogP contribution in [0.2, 0.25) is 0 Å². The molecule has 0 saturated heterocycles. The van der Waals surface area contributed by atoms with Crippen LogP contribution < -0.4 is 10.6 Å². The zero-order valence-electron chi connectivity index (χ0n) is 17.3. The Balaban J connectivity index is 0.00000364. The van der Waals surface area contributed by atoms with Crippen LogP contribution in [-0.4, -0.2) is 24.7 Å². The molecule has 1 heterocycles. The summed E-state index contributed by atoms with van der Waals surface area (Å²) in [7, 11) is 1.79.